The first kappa shape index (κ1) is 19.2. The molecule has 0 saturated heterocycles. The number of hydrogen-bond donors (Lipinski definition) is 1. The Balaban J connectivity index is 1.73. The van der Waals surface area contributed by atoms with Gasteiger partial charge in [-0.05, 0) is 49.1 Å². The summed E-state index contributed by atoms with van der Waals surface area (Å²) in [5.41, 5.74) is 0.648. The number of rotatable bonds is 4. The molecule has 1 fully saturated rings. The second-order valence-electron chi connectivity index (χ2n) is 7.77. The highest BCUT2D eigenvalue weighted by Crippen LogP contribution is 2.40. The van der Waals surface area contributed by atoms with E-state index in [1.54, 1.807) is 30.3 Å². The van der Waals surface area contributed by atoms with Crippen molar-refractivity contribution in [1.29, 1.82) is 0 Å². The third-order valence-electron chi connectivity index (χ3n) is 4.92. The van der Waals surface area contributed by atoms with Gasteiger partial charge in [0.2, 0.25) is 0 Å². The number of amides is 2. The topological polar surface area (TPSA) is 72.5 Å². The van der Waals surface area contributed by atoms with Crippen LogP contribution >= 0.6 is 0 Å². The quantitative estimate of drug-likeness (QED) is 0.850. The van der Waals surface area contributed by atoms with Crippen molar-refractivity contribution in [1.82, 2.24) is 5.32 Å². The van der Waals surface area contributed by atoms with Crippen LogP contribution in [0.15, 0.2) is 30.3 Å². The highest BCUT2D eigenvalue weighted by atomic mass is 16.5. The first-order chi connectivity index (χ1) is 11.8. The summed E-state index contributed by atoms with van der Waals surface area (Å²) in [5.74, 6) is -0.966. The lowest BCUT2D eigenvalue weighted by atomic mass is 9.70. The van der Waals surface area contributed by atoms with Gasteiger partial charge in [0.1, 0.15) is 0 Å². The molecule has 0 atom stereocenters. The second kappa shape index (κ2) is 8.28. The van der Waals surface area contributed by atoms with Gasteiger partial charge in [-0.3, -0.25) is 19.7 Å². The minimum Gasteiger partial charge on any atom is -0.455 e. The lowest BCUT2D eigenvalue weighted by Gasteiger charge is -2.36. The number of ether oxygens (including phenoxy) is 1. The Bertz CT molecular complexity index is 610. The Hall–Kier alpha value is -2.17. The van der Waals surface area contributed by atoms with Crippen LogP contribution in [0.4, 0.5) is 0 Å². The highest BCUT2D eigenvalue weighted by molar-refractivity contribution is 6.05. The predicted molar refractivity (Wildman–Crippen MR) is 94.8 cm³/mol. The van der Waals surface area contributed by atoms with Crippen LogP contribution in [0.2, 0.25) is 0 Å². The van der Waals surface area contributed by atoms with Gasteiger partial charge < -0.3 is 4.74 Å². The fourth-order valence-electron chi connectivity index (χ4n) is 3.27. The van der Waals surface area contributed by atoms with Crippen molar-refractivity contribution in [2.24, 2.45) is 17.3 Å². The molecule has 0 aliphatic heterocycles. The van der Waals surface area contributed by atoms with Crippen LogP contribution in [0.5, 0.6) is 0 Å². The van der Waals surface area contributed by atoms with E-state index in [1.807, 2.05) is 0 Å². The van der Waals surface area contributed by atoms with E-state index < -0.39 is 18.4 Å². The van der Waals surface area contributed by atoms with Gasteiger partial charge in [-0.25, -0.2) is 0 Å². The number of hydrogen-bond acceptors (Lipinski definition) is 4. The van der Waals surface area contributed by atoms with Crippen LogP contribution in [0.25, 0.3) is 0 Å². The molecular formula is C20H27NO4. The molecule has 25 heavy (non-hydrogen) atoms. The van der Waals surface area contributed by atoms with Gasteiger partial charge in [-0.15, -0.1) is 0 Å². The minimum absolute atomic E-state index is 0.142. The zero-order chi connectivity index (χ0) is 18.4. The minimum atomic E-state index is -0.606. The summed E-state index contributed by atoms with van der Waals surface area (Å²) in [6.07, 6.45) is 3.60. The average Bonchev–Trinajstić information content (AvgIpc) is 2.59. The van der Waals surface area contributed by atoms with Crippen LogP contribution in [0, 0.1) is 17.3 Å². The number of carbonyl (C=O) groups is 3. The highest BCUT2D eigenvalue weighted by Gasteiger charge is 2.33. The van der Waals surface area contributed by atoms with Crippen molar-refractivity contribution < 1.29 is 19.1 Å². The van der Waals surface area contributed by atoms with Gasteiger partial charge in [0.05, 0.1) is 5.92 Å². The Morgan fingerprint density at radius 3 is 2.20 bits per heavy atom. The van der Waals surface area contributed by atoms with E-state index in [-0.39, 0.29) is 17.3 Å². The fourth-order valence-corrected chi connectivity index (χ4v) is 3.27. The molecule has 136 valence electrons. The van der Waals surface area contributed by atoms with Gasteiger partial charge in [0.25, 0.3) is 11.8 Å². The van der Waals surface area contributed by atoms with Crippen LogP contribution < -0.4 is 5.32 Å². The van der Waals surface area contributed by atoms with Gasteiger partial charge >= 0.3 is 5.97 Å². The maximum Gasteiger partial charge on any atom is 0.309 e. The Kier molecular flexibility index (Phi) is 6.34. The molecule has 1 N–H and O–H groups in total. The summed E-state index contributed by atoms with van der Waals surface area (Å²) >= 11 is 0. The van der Waals surface area contributed by atoms with Gasteiger partial charge in [-0.2, -0.15) is 0 Å². The molecule has 0 bridgehead atoms. The molecule has 0 spiro atoms. The molecule has 1 aromatic rings. The van der Waals surface area contributed by atoms with E-state index in [0.717, 1.165) is 25.7 Å². The summed E-state index contributed by atoms with van der Waals surface area (Å²) in [5, 5.41) is 2.23. The summed E-state index contributed by atoms with van der Waals surface area (Å²) in [6, 6.07) is 8.44. The molecule has 2 rings (SSSR count). The van der Waals surface area contributed by atoms with Crippen molar-refractivity contribution in [3.8, 4) is 0 Å². The molecule has 1 saturated carbocycles. The molecule has 1 aromatic carbocycles. The standard InChI is InChI=1S/C20H27NO4/c1-20(2,3)16-11-9-15(10-12-16)19(24)25-13-17(22)21-18(23)14-7-5-4-6-8-14/h4-8,15-16H,9-13H2,1-3H3,(H,21,22,23). The fraction of sp³-hybridized carbons (Fsp3) is 0.550. The average molecular weight is 345 g/mol. The van der Waals surface area contributed by atoms with Gasteiger partial charge in [0.15, 0.2) is 6.61 Å². The van der Waals surface area contributed by atoms with Crippen molar-refractivity contribution in [2.45, 2.75) is 46.5 Å². The molecular weight excluding hydrogens is 318 g/mol. The zero-order valence-electron chi connectivity index (χ0n) is 15.2. The molecule has 0 aromatic heterocycles. The van der Waals surface area contributed by atoms with Crippen molar-refractivity contribution in [3.63, 3.8) is 0 Å². The molecule has 0 heterocycles. The molecule has 1 aliphatic rings. The number of esters is 1. The molecule has 5 heteroatoms. The first-order valence-electron chi connectivity index (χ1n) is 8.83. The van der Waals surface area contributed by atoms with E-state index in [9.17, 15) is 14.4 Å². The van der Waals surface area contributed by atoms with Crippen LogP contribution in [0.1, 0.15) is 56.8 Å². The summed E-state index contributed by atoms with van der Waals surface area (Å²) in [7, 11) is 0. The maximum atomic E-state index is 12.1. The predicted octanol–water partition coefficient (Wildman–Crippen LogP) is 3.34. The largest absolute Gasteiger partial charge is 0.455 e. The van der Waals surface area contributed by atoms with Crippen LogP contribution in [-0.2, 0) is 14.3 Å². The monoisotopic (exact) mass is 345 g/mol. The molecule has 0 radical (unpaired) electrons. The number of nitrogens with one attached hydrogen (secondary N) is 1. The normalized spacial score (nSPS) is 20.6. The van der Waals surface area contributed by atoms with E-state index in [1.165, 1.54) is 0 Å². The van der Waals surface area contributed by atoms with Crippen LogP contribution in [0.3, 0.4) is 0 Å². The summed E-state index contributed by atoms with van der Waals surface area (Å²) in [6.45, 7) is 6.26. The SMILES string of the molecule is CC(C)(C)C1CCC(C(=O)OCC(=O)NC(=O)c2ccccc2)CC1. The molecule has 0 unspecified atom stereocenters. The maximum absolute atomic E-state index is 12.1. The van der Waals surface area contributed by atoms with Crippen molar-refractivity contribution in [3.05, 3.63) is 35.9 Å². The molecule has 5 nitrogen and oxygen atoms in total. The van der Waals surface area contributed by atoms with Crippen LogP contribution in [-0.4, -0.2) is 24.4 Å². The summed E-state index contributed by atoms with van der Waals surface area (Å²) in [4.78, 5) is 35.8. The third-order valence-corrected chi connectivity index (χ3v) is 4.92. The number of imide groups is 1. The van der Waals surface area contributed by atoms with Crippen molar-refractivity contribution in [2.75, 3.05) is 6.61 Å². The van der Waals surface area contributed by atoms with Gasteiger partial charge in [0, 0.05) is 5.56 Å². The lowest BCUT2D eigenvalue weighted by Crippen LogP contribution is -2.35. The first-order valence-corrected chi connectivity index (χ1v) is 8.83. The van der Waals surface area contributed by atoms with E-state index in [0.29, 0.717) is 11.5 Å². The number of benzene rings is 1. The lowest BCUT2D eigenvalue weighted by molar-refractivity contribution is -0.154. The van der Waals surface area contributed by atoms with Crippen molar-refractivity contribution >= 4 is 17.8 Å². The number of carbonyl (C=O) groups excluding carboxylic acids is 3. The third kappa shape index (κ3) is 5.69. The van der Waals surface area contributed by atoms with E-state index in [4.69, 9.17) is 4.74 Å². The zero-order valence-corrected chi connectivity index (χ0v) is 15.2. The molecule has 1 aliphatic carbocycles. The Morgan fingerprint density at radius 2 is 1.64 bits per heavy atom. The smallest absolute Gasteiger partial charge is 0.309 e. The van der Waals surface area contributed by atoms with E-state index in [2.05, 4.69) is 26.1 Å². The van der Waals surface area contributed by atoms with E-state index >= 15 is 0 Å². The Labute approximate surface area is 149 Å². The second-order valence-corrected chi connectivity index (χ2v) is 7.77. The van der Waals surface area contributed by atoms with Gasteiger partial charge in [-0.1, -0.05) is 39.0 Å². The Morgan fingerprint density at radius 1 is 1.04 bits per heavy atom. The summed E-state index contributed by atoms with van der Waals surface area (Å²) < 4.78 is 5.10. The molecule has 2 amide bonds.